The molecule has 3 rings (SSSR count). The summed E-state index contributed by atoms with van der Waals surface area (Å²) in [6.07, 6.45) is 0. The van der Waals surface area contributed by atoms with Gasteiger partial charge in [-0.05, 0) is 30.3 Å². The topological polar surface area (TPSA) is 41.6 Å². The van der Waals surface area contributed by atoms with Gasteiger partial charge in [-0.3, -0.25) is 0 Å². The van der Waals surface area contributed by atoms with Crippen molar-refractivity contribution in [3.8, 4) is 17.5 Å². The smallest absolute Gasteiger partial charge is 0.142 e. The molecule has 0 unspecified atom stereocenters. The Balaban J connectivity index is 2.36. The van der Waals surface area contributed by atoms with E-state index < -0.39 is 0 Å². The molecule has 0 radical (unpaired) electrons. The van der Waals surface area contributed by atoms with Crippen molar-refractivity contribution in [2.24, 2.45) is 7.05 Å². The van der Waals surface area contributed by atoms with E-state index in [4.69, 9.17) is 5.26 Å². The Labute approximate surface area is 123 Å². The molecular formula is C15H9BrFN3. The number of benzene rings is 2. The average Bonchev–Trinajstić information content (AvgIpc) is 2.79. The van der Waals surface area contributed by atoms with Gasteiger partial charge in [-0.25, -0.2) is 9.37 Å². The lowest BCUT2D eigenvalue weighted by molar-refractivity contribution is 0.628. The van der Waals surface area contributed by atoms with E-state index in [9.17, 15) is 4.39 Å². The minimum absolute atomic E-state index is 0.323. The fourth-order valence-corrected chi connectivity index (χ4v) is 2.64. The molecule has 1 aromatic heterocycles. The Morgan fingerprint density at radius 3 is 2.85 bits per heavy atom. The summed E-state index contributed by atoms with van der Waals surface area (Å²) >= 11 is 3.41. The maximum absolute atomic E-state index is 13.5. The zero-order chi connectivity index (χ0) is 14.3. The molecule has 0 fully saturated rings. The van der Waals surface area contributed by atoms with Crippen LogP contribution in [-0.4, -0.2) is 9.55 Å². The van der Waals surface area contributed by atoms with E-state index in [-0.39, 0.29) is 5.82 Å². The zero-order valence-corrected chi connectivity index (χ0v) is 12.1. The first-order valence-electron chi connectivity index (χ1n) is 5.93. The second-order valence-electron chi connectivity index (χ2n) is 4.40. The quantitative estimate of drug-likeness (QED) is 0.676. The number of para-hydroxylation sites is 1. The monoisotopic (exact) mass is 329 g/mol. The van der Waals surface area contributed by atoms with Crippen molar-refractivity contribution in [3.63, 3.8) is 0 Å². The van der Waals surface area contributed by atoms with Gasteiger partial charge in [0.05, 0.1) is 11.1 Å². The molecule has 0 amide bonds. The molecule has 0 saturated heterocycles. The second-order valence-corrected chi connectivity index (χ2v) is 5.26. The van der Waals surface area contributed by atoms with E-state index in [0.717, 1.165) is 9.99 Å². The molecular weight excluding hydrogens is 321 g/mol. The number of aryl methyl sites for hydroxylation is 1. The first kappa shape index (κ1) is 12.8. The largest absolute Gasteiger partial charge is 0.327 e. The number of aromatic nitrogens is 2. The first-order valence-corrected chi connectivity index (χ1v) is 6.72. The molecule has 1 heterocycles. The first-order chi connectivity index (χ1) is 9.61. The van der Waals surface area contributed by atoms with E-state index in [0.29, 0.717) is 22.5 Å². The van der Waals surface area contributed by atoms with Gasteiger partial charge < -0.3 is 4.57 Å². The van der Waals surface area contributed by atoms with Crippen molar-refractivity contribution in [1.29, 1.82) is 5.26 Å². The summed E-state index contributed by atoms with van der Waals surface area (Å²) in [6, 6.07) is 12.0. The molecule has 0 spiro atoms. The lowest BCUT2D eigenvalue weighted by Crippen LogP contribution is -1.93. The lowest BCUT2D eigenvalue weighted by Gasteiger charge is -2.05. The number of nitrogens with zero attached hydrogens (tertiary/aromatic N) is 3. The van der Waals surface area contributed by atoms with Crippen LogP contribution in [0.3, 0.4) is 0 Å². The van der Waals surface area contributed by atoms with Crippen LogP contribution in [0, 0.1) is 17.1 Å². The van der Waals surface area contributed by atoms with Gasteiger partial charge in [-0.1, -0.05) is 22.0 Å². The maximum Gasteiger partial charge on any atom is 0.142 e. The van der Waals surface area contributed by atoms with Crippen LogP contribution in [0.15, 0.2) is 40.9 Å². The SMILES string of the molecule is Cn1c(-c2cc(F)ccc2Br)nc2c(C#N)cccc21. The summed E-state index contributed by atoms with van der Waals surface area (Å²) in [5.41, 5.74) is 2.64. The van der Waals surface area contributed by atoms with Crippen LogP contribution in [0.4, 0.5) is 4.39 Å². The van der Waals surface area contributed by atoms with Crippen molar-refractivity contribution in [2.45, 2.75) is 0 Å². The highest BCUT2D eigenvalue weighted by Crippen LogP contribution is 2.31. The standard InChI is InChI=1S/C15H9BrFN3/c1-20-13-4-2-3-9(8-18)14(13)19-15(20)11-7-10(17)5-6-12(11)16/h2-7H,1H3. The Morgan fingerprint density at radius 1 is 1.30 bits per heavy atom. The minimum atomic E-state index is -0.323. The Bertz CT molecular complexity index is 861. The average molecular weight is 330 g/mol. The number of hydrogen-bond donors (Lipinski definition) is 0. The molecule has 0 bridgehead atoms. The Morgan fingerprint density at radius 2 is 2.10 bits per heavy atom. The molecule has 5 heteroatoms. The summed E-state index contributed by atoms with van der Waals surface area (Å²) < 4.78 is 16.1. The number of halogens is 2. The van der Waals surface area contributed by atoms with Gasteiger partial charge in [0.2, 0.25) is 0 Å². The molecule has 0 N–H and O–H groups in total. The second kappa shape index (κ2) is 4.73. The number of imidazole rings is 1. The van der Waals surface area contributed by atoms with Crippen molar-refractivity contribution in [2.75, 3.05) is 0 Å². The van der Waals surface area contributed by atoms with Crippen molar-refractivity contribution < 1.29 is 4.39 Å². The number of hydrogen-bond acceptors (Lipinski definition) is 2. The molecule has 20 heavy (non-hydrogen) atoms. The van der Waals surface area contributed by atoms with Crippen LogP contribution in [-0.2, 0) is 7.05 Å². The maximum atomic E-state index is 13.5. The Kier molecular flexibility index (Phi) is 3.03. The molecule has 0 aliphatic heterocycles. The number of rotatable bonds is 1. The van der Waals surface area contributed by atoms with E-state index in [1.807, 2.05) is 23.7 Å². The molecule has 0 aliphatic rings. The van der Waals surface area contributed by atoms with Crippen molar-refractivity contribution >= 4 is 27.0 Å². The normalized spacial score (nSPS) is 10.7. The van der Waals surface area contributed by atoms with Gasteiger partial charge in [0.15, 0.2) is 0 Å². The van der Waals surface area contributed by atoms with E-state index in [1.54, 1.807) is 12.1 Å². The van der Waals surface area contributed by atoms with E-state index in [1.165, 1.54) is 12.1 Å². The molecule has 3 nitrogen and oxygen atoms in total. The van der Waals surface area contributed by atoms with Crippen LogP contribution in [0.5, 0.6) is 0 Å². The third-order valence-corrected chi connectivity index (χ3v) is 3.89. The van der Waals surface area contributed by atoms with Gasteiger partial charge >= 0.3 is 0 Å². The summed E-state index contributed by atoms with van der Waals surface area (Å²) in [6.45, 7) is 0. The van der Waals surface area contributed by atoms with Gasteiger partial charge in [-0.15, -0.1) is 0 Å². The van der Waals surface area contributed by atoms with Gasteiger partial charge in [0.25, 0.3) is 0 Å². The van der Waals surface area contributed by atoms with Crippen LogP contribution < -0.4 is 0 Å². The molecule has 0 aliphatic carbocycles. The molecule has 2 aromatic carbocycles. The fourth-order valence-electron chi connectivity index (χ4n) is 2.21. The minimum Gasteiger partial charge on any atom is -0.327 e. The number of nitriles is 1. The third-order valence-electron chi connectivity index (χ3n) is 3.20. The molecule has 3 aromatic rings. The molecule has 0 saturated carbocycles. The summed E-state index contributed by atoms with van der Waals surface area (Å²) in [5, 5.41) is 9.14. The lowest BCUT2D eigenvalue weighted by atomic mass is 10.2. The predicted molar refractivity (Wildman–Crippen MR) is 78.5 cm³/mol. The highest BCUT2D eigenvalue weighted by molar-refractivity contribution is 9.10. The highest BCUT2D eigenvalue weighted by Gasteiger charge is 2.15. The van der Waals surface area contributed by atoms with Gasteiger partial charge in [-0.2, -0.15) is 5.26 Å². The number of fused-ring (bicyclic) bond motifs is 1. The summed E-state index contributed by atoms with van der Waals surface area (Å²) in [5.74, 6) is 0.296. The van der Waals surface area contributed by atoms with Gasteiger partial charge in [0.1, 0.15) is 23.2 Å². The molecule has 98 valence electrons. The van der Waals surface area contributed by atoms with Crippen molar-refractivity contribution in [3.05, 3.63) is 52.3 Å². The van der Waals surface area contributed by atoms with Crippen LogP contribution in [0.25, 0.3) is 22.4 Å². The zero-order valence-electron chi connectivity index (χ0n) is 10.6. The van der Waals surface area contributed by atoms with Gasteiger partial charge in [0, 0.05) is 17.1 Å². The third kappa shape index (κ3) is 1.89. The summed E-state index contributed by atoms with van der Waals surface area (Å²) in [4.78, 5) is 4.50. The van der Waals surface area contributed by atoms with Crippen molar-refractivity contribution in [1.82, 2.24) is 9.55 Å². The van der Waals surface area contributed by atoms with E-state index in [2.05, 4.69) is 27.0 Å². The Hall–Kier alpha value is -2.19. The van der Waals surface area contributed by atoms with Crippen LogP contribution in [0.1, 0.15) is 5.56 Å². The predicted octanol–water partition coefficient (Wildman–Crippen LogP) is 4.01. The molecule has 0 atom stereocenters. The fraction of sp³-hybridized carbons (Fsp3) is 0.0667. The summed E-state index contributed by atoms with van der Waals surface area (Å²) in [7, 11) is 1.85. The van der Waals surface area contributed by atoms with E-state index >= 15 is 0 Å². The van der Waals surface area contributed by atoms with Crippen LogP contribution >= 0.6 is 15.9 Å². The highest BCUT2D eigenvalue weighted by atomic mass is 79.9. The van der Waals surface area contributed by atoms with Crippen LogP contribution in [0.2, 0.25) is 0 Å².